The molecule has 1 saturated heterocycles. The number of nitrogen functional groups attached to an aromatic ring is 1. The minimum Gasteiger partial charge on any atom is -0.381 e. The fraction of sp³-hybridized carbons (Fsp3) is 0.800. The van der Waals surface area contributed by atoms with Crippen molar-refractivity contribution in [1.82, 2.24) is 15.0 Å². The number of hydrogen-bond donors (Lipinski definition) is 1. The highest BCUT2D eigenvalue weighted by molar-refractivity contribution is 5.38. The molecule has 1 aromatic rings. The van der Waals surface area contributed by atoms with Crippen LogP contribution in [0.25, 0.3) is 0 Å². The smallest absolute Gasteiger partial charge is 0.169 e. The van der Waals surface area contributed by atoms with E-state index >= 15 is 0 Å². The summed E-state index contributed by atoms with van der Waals surface area (Å²) in [5, 5.41) is 8.06. The lowest BCUT2D eigenvalue weighted by Gasteiger charge is -2.11. The Morgan fingerprint density at radius 2 is 2.27 bits per heavy atom. The van der Waals surface area contributed by atoms with Crippen LogP contribution in [-0.2, 0) is 11.3 Å². The Hall–Kier alpha value is -1.10. The average molecular weight is 208 g/mol. The lowest BCUT2D eigenvalue weighted by molar-refractivity contribution is 0.0927. The van der Waals surface area contributed by atoms with Crippen molar-refractivity contribution in [2.45, 2.75) is 44.2 Å². The van der Waals surface area contributed by atoms with Gasteiger partial charge in [-0.1, -0.05) is 5.21 Å². The molecule has 0 bridgehead atoms. The lowest BCUT2D eigenvalue weighted by atomic mass is 10.2. The van der Waals surface area contributed by atoms with Crippen LogP contribution in [0.5, 0.6) is 0 Å². The third-order valence-corrected chi connectivity index (χ3v) is 3.17. The van der Waals surface area contributed by atoms with Gasteiger partial charge in [-0.2, -0.15) is 0 Å². The van der Waals surface area contributed by atoms with Crippen molar-refractivity contribution >= 4 is 5.82 Å². The Balaban J connectivity index is 1.78. The Morgan fingerprint density at radius 1 is 1.40 bits per heavy atom. The van der Waals surface area contributed by atoms with Gasteiger partial charge in [0.25, 0.3) is 0 Å². The topological polar surface area (TPSA) is 66.0 Å². The van der Waals surface area contributed by atoms with E-state index in [-0.39, 0.29) is 0 Å². The number of hydrogen-bond acceptors (Lipinski definition) is 4. The molecule has 0 aromatic carbocycles. The zero-order chi connectivity index (χ0) is 10.3. The standard InChI is InChI=1S/C10H16N4O/c11-10-9(7-3-4-7)14(13-12-10)6-8-2-1-5-15-8/h7-8H,1-6,11H2. The molecule has 0 spiro atoms. The molecule has 2 fully saturated rings. The van der Waals surface area contributed by atoms with E-state index in [9.17, 15) is 0 Å². The number of aromatic nitrogens is 3. The molecule has 1 unspecified atom stereocenters. The summed E-state index contributed by atoms with van der Waals surface area (Å²) < 4.78 is 7.54. The van der Waals surface area contributed by atoms with Crippen molar-refractivity contribution in [3.8, 4) is 0 Å². The molecule has 1 atom stereocenters. The first-order valence-corrected chi connectivity index (χ1v) is 5.65. The van der Waals surface area contributed by atoms with Crippen LogP contribution >= 0.6 is 0 Å². The van der Waals surface area contributed by atoms with Crippen LogP contribution in [0, 0.1) is 0 Å². The molecule has 2 heterocycles. The van der Waals surface area contributed by atoms with E-state index in [0.29, 0.717) is 17.8 Å². The fourth-order valence-corrected chi connectivity index (χ4v) is 2.23. The van der Waals surface area contributed by atoms with Crippen molar-refractivity contribution in [1.29, 1.82) is 0 Å². The molecule has 5 heteroatoms. The summed E-state index contributed by atoms with van der Waals surface area (Å²) in [5.74, 6) is 1.21. The van der Waals surface area contributed by atoms with E-state index in [0.717, 1.165) is 31.7 Å². The van der Waals surface area contributed by atoms with Crippen LogP contribution < -0.4 is 5.73 Å². The van der Waals surface area contributed by atoms with Crippen LogP contribution in [0.1, 0.15) is 37.3 Å². The molecule has 1 aliphatic heterocycles. The van der Waals surface area contributed by atoms with Gasteiger partial charge in [0.1, 0.15) is 0 Å². The van der Waals surface area contributed by atoms with Crippen molar-refractivity contribution < 1.29 is 4.74 Å². The third-order valence-electron chi connectivity index (χ3n) is 3.17. The molecule has 2 aliphatic rings. The first-order chi connectivity index (χ1) is 7.34. The van der Waals surface area contributed by atoms with Gasteiger partial charge < -0.3 is 10.5 Å². The Morgan fingerprint density at radius 3 is 2.93 bits per heavy atom. The molecular weight excluding hydrogens is 192 g/mol. The number of rotatable bonds is 3. The minimum absolute atomic E-state index is 0.309. The largest absolute Gasteiger partial charge is 0.381 e. The summed E-state index contributed by atoms with van der Waals surface area (Å²) in [6.45, 7) is 1.70. The quantitative estimate of drug-likeness (QED) is 0.802. The highest BCUT2D eigenvalue weighted by Crippen LogP contribution is 2.42. The second-order valence-electron chi connectivity index (χ2n) is 4.45. The van der Waals surface area contributed by atoms with Crippen molar-refractivity contribution in [3.63, 3.8) is 0 Å². The first-order valence-electron chi connectivity index (χ1n) is 5.65. The predicted octanol–water partition coefficient (Wildman–Crippen LogP) is 0.917. The van der Waals surface area contributed by atoms with Gasteiger partial charge in [0.2, 0.25) is 0 Å². The van der Waals surface area contributed by atoms with E-state index in [4.69, 9.17) is 10.5 Å². The Labute approximate surface area is 88.6 Å². The molecule has 5 nitrogen and oxygen atoms in total. The fourth-order valence-electron chi connectivity index (χ4n) is 2.23. The SMILES string of the molecule is Nc1nnn(CC2CCCO2)c1C1CC1. The summed E-state index contributed by atoms with van der Waals surface area (Å²) in [5.41, 5.74) is 6.95. The highest BCUT2D eigenvalue weighted by atomic mass is 16.5. The van der Waals surface area contributed by atoms with E-state index in [2.05, 4.69) is 10.3 Å². The predicted molar refractivity (Wildman–Crippen MR) is 55.4 cm³/mol. The van der Waals surface area contributed by atoms with Gasteiger partial charge in [0.05, 0.1) is 18.3 Å². The number of nitrogens with zero attached hydrogens (tertiary/aromatic N) is 3. The molecule has 3 rings (SSSR count). The summed E-state index contributed by atoms with van der Waals surface area (Å²) in [6.07, 6.45) is 5.05. The molecule has 1 saturated carbocycles. The van der Waals surface area contributed by atoms with Crippen LogP contribution in [0.4, 0.5) is 5.82 Å². The maximum absolute atomic E-state index is 5.82. The van der Waals surface area contributed by atoms with Gasteiger partial charge in [-0.3, -0.25) is 0 Å². The molecule has 15 heavy (non-hydrogen) atoms. The number of anilines is 1. The summed E-state index contributed by atoms with van der Waals surface area (Å²) in [6, 6.07) is 0. The normalized spacial score (nSPS) is 26.0. The lowest BCUT2D eigenvalue weighted by Crippen LogP contribution is -2.18. The van der Waals surface area contributed by atoms with Gasteiger partial charge in [0, 0.05) is 12.5 Å². The first kappa shape index (κ1) is 9.15. The Kier molecular flexibility index (Phi) is 2.12. The Bertz CT molecular complexity index is 352. The molecule has 0 radical (unpaired) electrons. The van der Waals surface area contributed by atoms with E-state index in [1.165, 1.54) is 12.8 Å². The zero-order valence-electron chi connectivity index (χ0n) is 8.72. The average Bonchev–Trinajstić information content (AvgIpc) is 2.80. The summed E-state index contributed by atoms with van der Waals surface area (Å²) in [4.78, 5) is 0. The van der Waals surface area contributed by atoms with Crippen LogP contribution in [0.3, 0.4) is 0 Å². The maximum atomic E-state index is 5.82. The van der Waals surface area contributed by atoms with Gasteiger partial charge in [-0.05, 0) is 25.7 Å². The van der Waals surface area contributed by atoms with Gasteiger partial charge >= 0.3 is 0 Å². The van der Waals surface area contributed by atoms with Gasteiger partial charge in [-0.15, -0.1) is 5.10 Å². The van der Waals surface area contributed by atoms with Crippen molar-refractivity contribution in [3.05, 3.63) is 5.69 Å². The van der Waals surface area contributed by atoms with Crippen LogP contribution in [0.15, 0.2) is 0 Å². The number of nitrogens with two attached hydrogens (primary N) is 1. The van der Waals surface area contributed by atoms with Crippen molar-refractivity contribution in [2.24, 2.45) is 0 Å². The minimum atomic E-state index is 0.309. The number of ether oxygens (including phenoxy) is 1. The van der Waals surface area contributed by atoms with E-state index in [1.807, 2.05) is 4.68 Å². The molecule has 1 aromatic heterocycles. The molecular formula is C10H16N4O. The van der Waals surface area contributed by atoms with Gasteiger partial charge in [-0.25, -0.2) is 4.68 Å². The summed E-state index contributed by atoms with van der Waals surface area (Å²) >= 11 is 0. The second kappa shape index (κ2) is 3.48. The van der Waals surface area contributed by atoms with Crippen molar-refractivity contribution in [2.75, 3.05) is 12.3 Å². The van der Waals surface area contributed by atoms with E-state index in [1.54, 1.807) is 0 Å². The third kappa shape index (κ3) is 1.71. The van der Waals surface area contributed by atoms with Gasteiger partial charge in [0.15, 0.2) is 5.82 Å². The zero-order valence-corrected chi connectivity index (χ0v) is 8.72. The van der Waals surface area contributed by atoms with E-state index < -0.39 is 0 Å². The monoisotopic (exact) mass is 208 g/mol. The van der Waals surface area contributed by atoms with Crippen LogP contribution in [-0.4, -0.2) is 27.7 Å². The molecule has 2 N–H and O–H groups in total. The van der Waals surface area contributed by atoms with Crippen LogP contribution in [0.2, 0.25) is 0 Å². The maximum Gasteiger partial charge on any atom is 0.169 e. The second-order valence-corrected chi connectivity index (χ2v) is 4.45. The molecule has 1 aliphatic carbocycles. The molecule has 0 amide bonds. The molecule has 82 valence electrons. The summed E-state index contributed by atoms with van der Waals surface area (Å²) in [7, 11) is 0. The highest BCUT2D eigenvalue weighted by Gasteiger charge is 2.31.